The third-order valence-corrected chi connectivity index (χ3v) is 10.8. The number of fused-ring (bicyclic) bond motifs is 1. The van der Waals surface area contributed by atoms with Crippen molar-refractivity contribution in [3.63, 3.8) is 0 Å². The van der Waals surface area contributed by atoms with Crippen LogP contribution in [0.4, 0.5) is 25.1 Å². The van der Waals surface area contributed by atoms with E-state index in [9.17, 15) is 18.4 Å². The summed E-state index contributed by atoms with van der Waals surface area (Å²) in [6.45, 7) is 10.5. The second-order valence-corrected chi connectivity index (χ2v) is 15.7. The van der Waals surface area contributed by atoms with E-state index in [2.05, 4.69) is 40.5 Å². The van der Waals surface area contributed by atoms with E-state index in [0.717, 1.165) is 42.7 Å². The molecular formula is C22H29F2N5O2Si. The third-order valence-electron chi connectivity index (χ3n) is 7.20. The molecule has 172 valence electrons. The van der Waals surface area contributed by atoms with Crippen molar-refractivity contribution in [3.8, 4) is 0 Å². The van der Waals surface area contributed by atoms with Crippen LogP contribution in [-0.2, 0) is 16.9 Å². The van der Waals surface area contributed by atoms with Gasteiger partial charge in [-0.2, -0.15) is 5.10 Å². The van der Waals surface area contributed by atoms with E-state index in [-0.39, 0.29) is 23.2 Å². The predicted octanol–water partition coefficient (Wildman–Crippen LogP) is 5.17. The van der Waals surface area contributed by atoms with Gasteiger partial charge in [-0.25, -0.2) is 13.6 Å². The summed E-state index contributed by atoms with van der Waals surface area (Å²) in [5.41, 5.74) is 0.594. The molecule has 0 spiro atoms. The number of halogens is 2. The maximum Gasteiger partial charge on any atom is 0.323 e. The molecule has 0 saturated heterocycles. The number of hydrogen-bond donors (Lipinski definition) is 3. The molecule has 3 N–H and O–H groups in total. The lowest BCUT2D eigenvalue weighted by Gasteiger charge is -2.48. The molecule has 1 saturated carbocycles. The summed E-state index contributed by atoms with van der Waals surface area (Å²) in [6.07, 6.45) is 2.84. The maximum atomic E-state index is 14.0. The van der Waals surface area contributed by atoms with Crippen molar-refractivity contribution in [2.45, 2.75) is 69.9 Å². The number of amides is 3. The SMILES string of the molecule is CC1(C)c2[nH]nc(NC(=O)C3([Si](C)(C)C)CCC3)c2CN1C(=O)Nc1ccc(F)cc1F. The Morgan fingerprint density at radius 1 is 1.16 bits per heavy atom. The van der Waals surface area contributed by atoms with Crippen molar-refractivity contribution in [2.75, 3.05) is 10.6 Å². The van der Waals surface area contributed by atoms with Gasteiger partial charge in [0.1, 0.15) is 11.6 Å². The lowest BCUT2D eigenvalue weighted by molar-refractivity contribution is -0.121. The minimum atomic E-state index is -1.75. The number of urea groups is 1. The van der Waals surface area contributed by atoms with Gasteiger partial charge in [0.15, 0.2) is 5.82 Å². The molecule has 0 radical (unpaired) electrons. The fourth-order valence-corrected chi connectivity index (χ4v) is 7.39. The number of nitrogens with one attached hydrogen (secondary N) is 3. The van der Waals surface area contributed by atoms with E-state index in [4.69, 9.17) is 0 Å². The summed E-state index contributed by atoms with van der Waals surface area (Å²) in [4.78, 5) is 27.7. The van der Waals surface area contributed by atoms with Gasteiger partial charge in [-0.15, -0.1) is 0 Å². The maximum absolute atomic E-state index is 14.0. The lowest BCUT2D eigenvalue weighted by Crippen LogP contribution is -2.52. The molecule has 2 aliphatic rings. The molecule has 1 aliphatic carbocycles. The van der Waals surface area contributed by atoms with Crippen LogP contribution in [0.1, 0.15) is 44.4 Å². The molecule has 10 heteroatoms. The normalized spacial score (nSPS) is 18.7. The highest BCUT2D eigenvalue weighted by atomic mass is 28.3. The van der Waals surface area contributed by atoms with Crippen molar-refractivity contribution in [3.05, 3.63) is 41.1 Å². The van der Waals surface area contributed by atoms with Gasteiger partial charge in [0.2, 0.25) is 5.91 Å². The number of hydrogen-bond acceptors (Lipinski definition) is 3. The second-order valence-electron chi connectivity index (χ2n) is 10.3. The number of rotatable bonds is 4. The molecule has 3 amide bonds. The van der Waals surface area contributed by atoms with Crippen LogP contribution in [-0.4, -0.2) is 35.1 Å². The van der Waals surface area contributed by atoms with Crippen molar-refractivity contribution in [1.82, 2.24) is 15.1 Å². The van der Waals surface area contributed by atoms with Gasteiger partial charge in [-0.3, -0.25) is 9.89 Å². The molecule has 1 aromatic heterocycles. The molecule has 4 rings (SSSR count). The van der Waals surface area contributed by atoms with Crippen molar-refractivity contribution in [2.24, 2.45) is 0 Å². The Morgan fingerprint density at radius 2 is 1.84 bits per heavy atom. The molecule has 2 aromatic rings. The summed E-state index contributed by atoms with van der Waals surface area (Å²) in [5.74, 6) is -1.12. The highest BCUT2D eigenvalue weighted by Gasteiger charge is 2.54. The predicted molar refractivity (Wildman–Crippen MR) is 121 cm³/mol. The van der Waals surface area contributed by atoms with Crippen molar-refractivity contribution < 1.29 is 18.4 Å². The summed E-state index contributed by atoms with van der Waals surface area (Å²) < 4.78 is 27.2. The average molecular weight is 462 g/mol. The van der Waals surface area contributed by atoms with Gasteiger partial charge in [0, 0.05) is 16.7 Å². The van der Waals surface area contributed by atoms with E-state index < -0.39 is 31.3 Å². The summed E-state index contributed by atoms with van der Waals surface area (Å²) in [5, 5.41) is 12.5. The number of carbonyl (C=O) groups is 2. The van der Waals surface area contributed by atoms with Crippen molar-refractivity contribution in [1.29, 1.82) is 0 Å². The fourth-order valence-electron chi connectivity index (χ4n) is 4.79. The molecule has 0 unspecified atom stereocenters. The van der Waals surface area contributed by atoms with Crippen LogP contribution in [0.15, 0.2) is 18.2 Å². The quantitative estimate of drug-likeness (QED) is 0.549. The zero-order chi connectivity index (χ0) is 23.5. The van der Waals surface area contributed by atoms with Crippen molar-refractivity contribution >= 4 is 31.5 Å². The Kier molecular flexibility index (Phi) is 5.19. The molecule has 2 heterocycles. The molecule has 1 fully saturated rings. The number of anilines is 2. The smallest absolute Gasteiger partial charge is 0.309 e. The van der Waals surface area contributed by atoms with E-state index in [1.807, 2.05) is 13.8 Å². The van der Waals surface area contributed by atoms with E-state index in [1.54, 1.807) is 0 Å². The van der Waals surface area contributed by atoms with Gasteiger partial charge in [0.25, 0.3) is 0 Å². The molecular weight excluding hydrogens is 432 g/mol. The van der Waals surface area contributed by atoms with Crippen LogP contribution in [0.2, 0.25) is 24.7 Å². The zero-order valence-corrected chi connectivity index (χ0v) is 20.0. The number of nitrogens with zero attached hydrogens (tertiary/aromatic N) is 2. The minimum Gasteiger partial charge on any atom is -0.309 e. The zero-order valence-electron chi connectivity index (χ0n) is 19.0. The van der Waals surface area contributed by atoms with Gasteiger partial charge >= 0.3 is 6.03 Å². The molecule has 1 aromatic carbocycles. The monoisotopic (exact) mass is 461 g/mol. The van der Waals surface area contributed by atoms with Gasteiger partial charge < -0.3 is 15.5 Å². The molecule has 1 aliphatic heterocycles. The molecule has 0 atom stereocenters. The van der Waals surface area contributed by atoms with Gasteiger partial charge in [0.05, 0.1) is 31.5 Å². The molecule has 7 nitrogen and oxygen atoms in total. The highest BCUT2D eigenvalue weighted by Crippen LogP contribution is 2.56. The first-order valence-corrected chi connectivity index (χ1v) is 14.3. The van der Waals surface area contributed by atoms with E-state index in [1.165, 1.54) is 11.0 Å². The van der Waals surface area contributed by atoms with Crippen LogP contribution in [0, 0.1) is 11.6 Å². The topological polar surface area (TPSA) is 90.1 Å². The number of aromatic nitrogens is 2. The van der Waals surface area contributed by atoms with Crippen LogP contribution in [0.3, 0.4) is 0 Å². The number of aromatic amines is 1. The minimum absolute atomic E-state index is 0.00584. The third kappa shape index (κ3) is 3.40. The second kappa shape index (κ2) is 7.40. The first kappa shape index (κ1) is 22.4. The Hall–Kier alpha value is -2.75. The van der Waals surface area contributed by atoms with Gasteiger partial charge in [-0.05, 0) is 38.8 Å². The molecule has 32 heavy (non-hydrogen) atoms. The van der Waals surface area contributed by atoms with Crippen LogP contribution in [0.25, 0.3) is 0 Å². The number of carbonyl (C=O) groups excluding carboxylic acids is 2. The largest absolute Gasteiger partial charge is 0.323 e. The highest BCUT2D eigenvalue weighted by molar-refractivity contribution is 6.83. The Bertz CT molecular complexity index is 1090. The number of H-pyrrole nitrogens is 1. The molecule has 0 bridgehead atoms. The number of benzene rings is 1. The van der Waals surface area contributed by atoms with Crippen LogP contribution >= 0.6 is 0 Å². The Morgan fingerprint density at radius 3 is 2.41 bits per heavy atom. The van der Waals surface area contributed by atoms with E-state index >= 15 is 0 Å². The Labute approximate surface area is 187 Å². The van der Waals surface area contributed by atoms with Crippen LogP contribution in [0.5, 0.6) is 0 Å². The summed E-state index contributed by atoms with van der Waals surface area (Å²) >= 11 is 0. The van der Waals surface area contributed by atoms with Gasteiger partial charge in [-0.1, -0.05) is 26.1 Å². The Balaban J connectivity index is 1.54. The average Bonchev–Trinajstić information content (AvgIpc) is 3.13. The van der Waals surface area contributed by atoms with E-state index in [0.29, 0.717) is 5.82 Å². The summed E-state index contributed by atoms with van der Waals surface area (Å²) in [6, 6.07) is 2.47. The first-order valence-electron chi connectivity index (χ1n) is 10.8. The standard InChI is InChI=1S/C22H29F2N5O2Si/c1-21(2)17-14(12-29(21)20(31)25-16-8-7-13(23)11-15(16)24)18(28-27-17)26-19(30)22(9-6-10-22)32(3,4)5/h7-8,11H,6,9-10,12H2,1-5H3,(H,25,31)(H2,26,27,28,30). The first-order chi connectivity index (χ1) is 14.9. The fraction of sp³-hybridized carbons (Fsp3) is 0.500. The van der Waals surface area contributed by atoms with Crippen LogP contribution < -0.4 is 10.6 Å². The summed E-state index contributed by atoms with van der Waals surface area (Å²) in [7, 11) is -1.75. The lowest BCUT2D eigenvalue weighted by atomic mass is 9.83.